The highest BCUT2D eigenvalue weighted by Crippen LogP contribution is 2.37. The van der Waals surface area contributed by atoms with Gasteiger partial charge in [-0.2, -0.15) is 0 Å². The highest BCUT2D eigenvalue weighted by atomic mass is 16.6. The van der Waals surface area contributed by atoms with Gasteiger partial charge in [-0.05, 0) is 20.8 Å². The molecule has 2 rings (SSSR count). The summed E-state index contributed by atoms with van der Waals surface area (Å²) in [5.74, 6) is 0. The highest BCUT2D eigenvalue weighted by Gasteiger charge is 2.55. The van der Waals surface area contributed by atoms with Gasteiger partial charge in [-0.15, -0.1) is 0 Å². The minimum absolute atomic E-state index is 0.258. The predicted molar refractivity (Wildman–Crippen MR) is 85.5 cm³/mol. The number of nitrogens with two attached hydrogens (primary N) is 1. The third kappa shape index (κ3) is 5.11. The van der Waals surface area contributed by atoms with Gasteiger partial charge in [0.05, 0.1) is 26.3 Å². The molecule has 6 nitrogen and oxygen atoms in total. The van der Waals surface area contributed by atoms with E-state index >= 15 is 0 Å². The number of hydrogen-bond donors (Lipinski definition) is 2. The quantitative estimate of drug-likeness (QED) is 0.439. The first-order valence-electron chi connectivity index (χ1n) is 8.48. The van der Waals surface area contributed by atoms with Crippen LogP contribution in [-0.4, -0.2) is 67.7 Å². The average molecular weight is 314 g/mol. The van der Waals surface area contributed by atoms with E-state index in [4.69, 9.17) is 15.2 Å². The number of quaternary nitrogens is 1. The Bertz CT molecular complexity index is 373. The maximum atomic E-state index is 11.8. The van der Waals surface area contributed by atoms with Gasteiger partial charge in [-0.1, -0.05) is 0 Å². The average Bonchev–Trinajstić information content (AvgIpc) is 3.08. The second-order valence-corrected chi connectivity index (χ2v) is 7.61. The molecule has 2 aliphatic rings. The lowest BCUT2D eigenvalue weighted by Crippen LogP contribution is -2.48. The first kappa shape index (κ1) is 17.5. The second-order valence-electron chi connectivity index (χ2n) is 7.61. The van der Waals surface area contributed by atoms with E-state index in [0.717, 1.165) is 45.0 Å². The molecule has 2 saturated heterocycles. The molecule has 0 saturated carbocycles. The minimum atomic E-state index is -0.429. The van der Waals surface area contributed by atoms with Crippen molar-refractivity contribution >= 4 is 6.09 Å². The molecular formula is C16H32N3O3+. The lowest BCUT2D eigenvalue weighted by atomic mass is 10.1. The van der Waals surface area contributed by atoms with Gasteiger partial charge < -0.3 is 25.0 Å². The van der Waals surface area contributed by atoms with Gasteiger partial charge in [0.1, 0.15) is 18.2 Å². The van der Waals surface area contributed by atoms with Crippen LogP contribution < -0.4 is 11.1 Å². The largest absolute Gasteiger partial charge is 0.444 e. The molecule has 1 unspecified atom stereocenters. The summed E-state index contributed by atoms with van der Waals surface area (Å²) in [4.78, 5) is 11.8. The van der Waals surface area contributed by atoms with E-state index in [0.29, 0.717) is 13.2 Å². The van der Waals surface area contributed by atoms with Crippen LogP contribution in [0.3, 0.4) is 0 Å². The summed E-state index contributed by atoms with van der Waals surface area (Å²) in [6, 6.07) is 1.01. The number of nitrogens with zero attached hydrogens (tertiary/aromatic N) is 1. The molecule has 0 aromatic heterocycles. The molecule has 1 amide bonds. The normalized spacial score (nSPS) is 31.1. The topological polar surface area (TPSA) is 73.6 Å². The molecule has 2 aliphatic heterocycles. The Hall–Kier alpha value is -0.850. The number of rotatable bonds is 6. The molecule has 0 aliphatic carbocycles. The maximum absolute atomic E-state index is 11.8. The summed E-state index contributed by atoms with van der Waals surface area (Å²) in [5, 5.41) is 3.01. The van der Waals surface area contributed by atoms with Gasteiger partial charge in [-0.3, -0.25) is 0 Å². The van der Waals surface area contributed by atoms with Crippen molar-refractivity contribution in [2.45, 2.75) is 57.7 Å². The maximum Gasteiger partial charge on any atom is 0.407 e. The molecule has 0 radical (unpaired) electrons. The summed E-state index contributed by atoms with van der Waals surface area (Å²) in [7, 11) is 0. The van der Waals surface area contributed by atoms with Crippen molar-refractivity contribution in [3.8, 4) is 0 Å². The van der Waals surface area contributed by atoms with E-state index in [9.17, 15) is 4.79 Å². The molecule has 1 atom stereocenters. The van der Waals surface area contributed by atoms with Crippen LogP contribution in [0.15, 0.2) is 0 Å². The second kappa shape index (κ2) is 7.15. The van der Waals surface area contributed by atoms with Crippen molar-refractivity contribution in [2.24, 2.45) is 5.73 Å². The van der Waals surface area contributed by atoms with E-state index in [1.54, 1.807) is 0 Å². The molecular weight excluding hydrogens is 282 g/mol. The van der Waals surface area contributed by atoms with E-state index in [1.807, 2.05) is 20.8 Å². The highest BCUT2D eigenvalue weighted by molar-refractivity contribution is 5.68. The first-order chi connectivity index (χ1) is 10.3. The molecule has 3 N–H and O–H groups in total. The van der Waals surface area contributed by atoms with Gasteiger partial charge in [0.2, 0.25) is 0 Å². The molecule has 2 fully saturated rings. The molecule has 22 heavy (non-hydrogen) atoms. The molecule has 0 aromatic carbocycles. The van der Waals surface area contributed by atoms with Crippen LogP contribution in [0.4, 0.5) is 4.79 Å². The van der Waals surface area contributed by atoms with Crippen molar-refractivity contribution in [3.05, 3.63) is 0 Å². The Morgan fingerprint density at radius 2 is 1.95 bits per heavy atom. The molecule has 0 bridgehead atoms. The van der Waals surface area contributed by atoms with Gasteiger partial charge in [-0.25, -0.2) is 4.79 Å². The third-order valence-electron chi connectivity index (χ3n) is 4.64. The number of ether oxygens (including phenoxy) is 2. The Kier molecular flexibility index (Phi) is 5.69. The van der Waals surface area contributed by atoms with Crippen LogP contribution in [0.5, 0.6) is 0 Å². The van der Waals surface area contributed by atoms with Gasteiger partial charge in [0.15, 0.2) is 0 Å². The van der Waals surface area contributed by atoms with Crippen LogP contribution in [0, 0.1) is 0 Å². The van der Waals surface area contributed by atoms with Crippen molar-refractivity contribution in [1.82, 2.24) is 5.32 Å². The first-order valence-corrected chi connectivity index (χ1v) is 8.48. The summed E-state index contributed by atoms with van der Waals surface area (Å²) >= 11 is 0. The van der Waals surface area contributed by atoms with Crippen molar-refractivity contribution < 1.29 is 18.8 Å². The minimum Gasteiger partial charge on any atom is -0.444 e. The number of amides is 1. The standard InChI is InChI=1S/C16H31N3O3/c1-16(2,3)22-15(20)18-13-4-8-19(9-5-13)12-14(19)6-10-21-11-7-17/h13-14H,4-12,17H2,1-3H3/p+1. The fraction of sp³-hybridized carbons (Fsp3) is 0.938. The number of alkyl carbamates (subject to hydrolysis) is 1. The van der Waals surface area contributed by atoms with Crippen molar-refractivity contribution in [3.63, 3.8) is 0 Å². The van der Waals surface area contributed by atoms with E-state index in [2.05, 4.69) is 5.32 Å². The third-order valence-corrected chi connectivity index (χ3v) is 4.64. The van der Waals surface area contributed by atoms with Gasteiger partial charge in [0, 0.05) is 31.8 Å². The Morgan fingerprint density at radius 3 is 2.55 bits per heavy atom. The monoisotopic (exact) mass is 314 g/mol. The van der Waals surface area contributed by atoms with Crippen molar-refractivity contribution in [2.75, 3.05) is 39.4 Å². The molecule has 128 valence electrons. The van der Waals surface area contributed by atoms with Crippen LogP contribution in [-0.2, 0) is 9.47 Å². The van der Waals surface area contributed by atoms with Crippen molar-refractivity contribution in [1.29, 1.82) is 0 Å². The lowest BCUT2D eigenvalue weighted by Gasteiger charge is -2.31. The summed E-state index contributed by atoms with van der Waals surface area (Å²) in [6.45, 7) is 11.3. The summed E-state index contributed by atoms with van der Waals surface area (Å²) in [5.41, 5.74) is 4.99. The number of carbonyl (C=O) groups excluding carboxylic acids is 1. The van der Waals surface area contributed by atoms with Crippen LogP contribution >= 0.6 is 0 Å². The van der Waals surface area contributed by atoms with E-state index in [-0.39, 0.29) is 12.1 Å². The molecule has 6 heteroatoms. The smallest absolute Gasteiger partial charge is 0.407 e. The van der Waals surface area contributed by atoms with Gasteiger partial charge >= 0.3 is 6.09 Å². The number of nitrogens with one attached hydrogen (secondary N) is 1. The zero-order valence-electron chi connectivity index (χ0n) is 14.3. The SMILES string of the molecule is CC(C)(C)OC(=O)NC1CC[N+]2(CC1)CC2CCOCCN. The van der Waals surface area contributed by atoms with E-state index in [1.165, 1.54) is 11.0 Å². The Balaban J connectivity index is 1.63. The zero-order valence-corrected chi connectivity index (χ0v) is 14.3. The number of hydrogen-bond acceptors (Lipinski definition) is 4. The number of piperidine rings is 1. The predicted octanol–water partition coefficient (Wildman–Crippen LogP) is 1.24. The van der Waals surface area contributed by atoms with Crippen LogP contribution in [0.25, 0.3) is 0 Å². The number of carbonyl (C=O) groups is 1. The van der Waals surface area contributed by atoms with Crippen LogP contribution in [0.2, 0.25) is 0 Å². The fourth-order valence-corrected chi connectivity index (χ4v) is 3.39. The zero-order chi connectivity index (χ0) is 16.2. The Labute approximate surface area is 133 Å². The summed E-state index contributed by atoms with van der Waals surface area (Å²) < 4.78 is 12.0. The molecule has 0 aromatic rings. The molecule has 1 spiro atoms. The fourth-order valence-electron chi connectivity index (χ4n) is 3.39. The Morgan fingerprint density at radius 1 is 1.27 bits per heavy atom. The van der Waals surface area contributed by atoms with Crippen LogP contribution in [0.1, 0.15) is 40.0 Å². The lowest BCUT2D eigenvalue weighted by molar-refractivity contribution is -0.820. The summed E-state index contributed by atoms with van der Waals surface area (Å²) in [6.07, 6.45) is 2.92. The molecule has 2 heterocycles. The van der Waals surface area contributed by atoms with Gasteiger partial charge in [0.25, 0.3) is 0 Å². The van der Waals surface area contributed by atoms with E-state index < -0.39 is 5.60 Å².